The van der Waals surface area contributed by atoms with Crippen molar-refractivity contribution in [3.05, 3.63) is 35.5 Å². The van der Waals surface area contributed by atoms with Crippen LogP contribution < -0.4 is 0 Å². The Kier molecular flexibility index (Phi) is 2.66. The highest BCUT2D eigenvalue weighted by molar-refractivity contribution is 5.35. The average Bonchev–Trinajstić information content (AvgIpc) is 2.05. The van der Waals surface area contributed by atoms with E-state index in [1.165, 1.54) is 5.57 Å². The van der Waals surface area contributed by atoms with Crippen LogP contribution in [0.4, 0.5) is 0 Å². The van der Waals surface area contributed by atoms with Crippen molar-refractivity contribution in [1.29, 1.82) is 0 Å². The van der Waals surface area contributed by atoms with Gasteiger partial charge in [-0.1, -0.05) is 24.3 Å². The van der Waals surface area contributed by atoms with Crippen LogP contribution in [0.15, 0.2) is 35.5 Å². The fraction of sp³-hybridized carbons (Fsp3) is 0.400. The van der Waals surface area contributed by atoms with Gasteiger partial charge in [0.2, 0.25) is 0 Å². The maximum Gasteiger partial charge on any atom is 0.0644 e. The van der Waals surface area contributed by atoms with Gasteiger partial charge in [0.05, 0.1) is 6.61 Å². The SMILES string of the molecule is C=C(C)C1=CC=C(CO)CC1. The molecule has 0 saturated heterocycles. The van der Waals surface area contributed by atoms with E-state index in [9.17, 15) is 0 Å². The molecule has 11 heavy (non-hydrogen) atoms. The lowest BCUT2D eigenvalue weighted by molar-refractivity contribution is 0.326. The van der Waals surface area contributed by atoms with Crippen molar-refractivity contribution in [2.45, 2.75) is 19.8 Å². The summed E-state index contributed by atoms with van der Waals surface area (Å²) in [5, 5.41) is 8.80. The van der Waals surface area contributed by atoms with E-state index in [1.807, 2.05) is 13.0 Å². The van der Waals surface area contributed by atoms with Crippen LogP contribution in [0.1, 0.15) is 19.8 Å². The van der Waals surface area contributed by atoms with Gasteiger partial charge in [0.25, 0.3) is 0 Å². The molecule has 0 bridgehead atoms. The Balaban J connectivity index is 2.69. The third-order valence-corrected chi connectivity index (χ3v) is 1.99. The van der Waals surface area contributed by atoms with Crippen molar-refractivity contribution >= 4 is 0 Å². The maximum atomic E-state index is 8.80. The van der Waals surface area contributed by atoms with Gasteiger partial charge < -0.3 is 5.11 Å². The average molecular weight is 150 g/mol. The van der Waals surface area contributed by atoms with E-state index in [0.717, 1.165) is 24.0 Å². The van der Waals surface area contributed by atoms with Gasteiger partial charge in [-0.25, -0.2) is 0 Å². The summed E-state index contributed by atoms with van der Waals surface area (Å²) in [6, 6.07) is 0. The van der Waals surface area contributed by atoms with E-state index < -0.39 is 0 Å². The zero-order valence-corrected chi connectivity index (χ0v) is 6.93. The summed E-state index contributed by atoms with van der Waals surface area (Å²) in [6.45, 7) is 6.08. The molecular weight excluding hydrogens is 136 g/mol. The number of allylic oxidation sites excluding steroid dienone is 4. The molecule has 0 aromatic heterocycles. The highest BCUT2D eigenvalue weighted by atomic mass is 16.3. The second-order valence-electron chi connectivity index (χ2n) is 2.96. The topological polar surface area (TPSA) is 20.2 Å². The van der Waals surface area contributed by atoms with Gasteiger partial charge in [-0.3, -0.25) is 0 Å². The number of rotatable bonds is 2. The molecule has 0 unspecified atom stereocenters. The Morgan fingerprint density at radius 1 is 1.55 bits per heavy atom. The number of aliphatic hydroxyl groups excluding tert-OH is 1. The molecule has 0 fully saturated rings. The largest absolute Gasteiger partial charge is 0.392 e. The van der Waals surface area contributed by atoms with E-state index in [0.29, 0.717) is 0 Å². The van der Waals surface area contributed by atoms with Crippen molar-refractivity contribution in [3.63, 3.8) is 0 Å². The normalized spacial score (nSPS) is 17.3. The third-order valence-electron chi connectivity index (χ3n) is 1.99. The Morgan fingerprint density at radius 3 is 2.64 bits per heavy atom. The minimum absolute atomic E-state index is 0.194. The van der Waals surface area contributed by atoms with Gasteiger partial charge in [0.1, 0.15) is 0 Å². The zero-order valence-electron chi connectivity index (χ0n) is 6.93. The highest BCUT2D eigenvalue weighted by Gasteiger charge is 2.04. The van der Waals surface area contributed by atoms with Crippen molar-refractivity contribution in [1.82, 2.24) is 0 Å². The molecule has 0 aromatic carbocycles. The lowest BCUT2D eigenvalue weighted by Gasteiger charge is -2.12. The fourth-order valence-electron chi connectivity index (χ4n) is 1.17. The molecule has 0 spiro atoms. The van der Waals surface area contributed by atoms with Crippen LogP contribution >= 0.6 is 0 Å². The molecule has 60 valence electrons. The summed E-state index contributed by atoms with van der Waals surface area (Å²) in [5.41, 5.74) is 3.57. The van der Waals surface area contributed by atoms with Gasteiger partial charge in [-0.15, -0.1) is 0 Å². The standard InChI is InChI=1S/C10H14O/c1-8(2)10-5-3-9(7-11)4-6-10/h3,5,11H,1,4,6-7H2,2H3. The second-order valence-corrected chi connectivity index (χ2v) is 2.96. The number of hydrogen-bond acceptors (Lipinski definition) is 1. The molecule has 1 aliphatic carbocycles. The maximum absolute atomic E-state index is 8.80. The molecule has 0 saturated carbocycles. The molecule has 0 amide bonds. The first-order valence-corrected chi connectivity index (χ1v) is 3.89. The molecular formula is C10H14O. The van der Waals surface area contributed by atoms with Crippen LogP contribution in [0.3, 0.4) is 0 Å². The van der Waals surface area contributed by atoms with Crippen molar-refractivity contribution in [2.75, 3.05) is 6.61 Å². The van der Waals surface area contributed by atoms with E-state index in [2.05, 4.69) is 12.7 Å². The number of aliphatic hydroxyl groups is 1. The fourth-order valence-corrected chi connectivity index (χ4v) is 1.17. The van der Waals surface area contributed by atoms with Crippen LogP contribution in [0.5, 0.6) is 0 Å². The Morgan fingerprint density at radius 2 is 2.27 bits per heavy atom. The van der Waals surface area contributed by atoms with Crippen molar-refractivity contribution < 1.29 is 5.11 Å². The Hall–Kier alpha value is -0.820. The van der Waals surface area contributed by atoms with Crippen LogP contribution in [0.25, 0.3) is 0 Å². The molecule has 1 aliphatic rings. The molecule has 1 heteroatoms. The van der Waals surface area contributed by atoms with Crippen LogP contribution in [0, 0.1) is 0 Å². The summed E-state index contributed by atoms with van der Waals surface area (Å²) < 4.78 is 0. The molecule has 0 heterocycles. The molecule has 1 rings (SSSR count). The summed E-state index contributed by atoms with van der Waals surface area (Å²) in [4.78, 5) is 0. The molecule has 0 radical (unpaired) electrons. The Bertz CT molecular complexity index is 221. The quantitative estimate of drug-likeness (QED) is 0.639. The molecule has 1 N–H and O–H groups in total. The lowest BCUT2D eigenvalue weighted by Crippen LogP contribution is -1.97. The van der Waals surface area contributed by atoms with Gasteiger partial charge >= 0.3 is 0 Å². The minimum atomic E-state index is 0.194. The van der Waals surface area contributed by atoms with Gasteiger partial charge in [0, 0.05) is 0 Å². The smallest absolute Gasteiger partial charge is 0.0644 e. The van der Waals surface area contributed by atoms with Gasteiger partial charge in [-0.05, 0) is 30.9 Å². The highest BCUT2D eigenvalue weighted by Crippen LogP contribution is 2.22. The van der Waals surface area contributed by atoms with E-state index in [1.54, 1.807) is 0 Å². The van der Waals surface area contributed by atoms with Crippen LogP contribution in [0.2, 0.25) is 0 Å². The van der Waals surface area contributed by atoms with Crippen LogP contribution in [-0.2, 0) is 0 Å². The predicted octanol–water partition coefficient (Wildman–Crippen LogP) is 2.20. The van der Waals surface area contributed by atoms with E-state index in [-0.39, 0.29) is 6.61 Å². The molecule has 0 aromatic rings. The first kappa shape index (κ1) is 8.28. The summed E-state index contributed by atoms with van der Waals surface area (Å²) >= 11 is 0. The van der Waals surface area contributed by atoms with E-state index in [4.69, 9.17) is 5.11 Å². The molecule has 0 atom stereocenters. The van der Waals surface area contributed by atoms with Crippen molar-refractivity contribution in [2.24, 2.45) is 0 Å². The monoisotopic (exact) mass is 150 g/mol. The summed E-state index contributed by atoms with van der Waals surface area (Å²) in [6.07, 6.45) is 6.06. The second kappa shape index (κ2) is 3.54. The lowest BCUT2D eigenvalue weighted by atomic mass is 9.95. The first-order valence-electron chi connectivity index (χ1n) is 3.89. The first-order chi connectivity index (χ1) is 5.24. The summed E-state index contributed by atoms with van der Waals surface area (Å²) in [7, 11) is 0. The van der Waals surface area contributed by atoms with E-state index >= 15 is 0 Å². The summed E-state index contributed by atoms with van der Waals surface area (Å²) in [5.74, 6) is 0. The van der Waals surface area contributed by atoms with Crippen LogP contribution in [-0.4, -0.2) is 11.7 Å². The molecule has 0 aliphatic heterocycles. The van der Waals surface area contributed by atoms with Crippen molar-refractivity contribution in [3.8, 4) is 0 Å². The minimum Gasteiger partial charge on any atom is -0.392 e. The van der Waals surface area contributed by atoms with Gasteiger partial charge in [0.15, 0.2) is 0 Å². The third kappa shape index (κ3) is 2.05. The predicted molar refractivity (Wildman–Crippen MR) is 47.3 cm³/mol. The Labute approximate surface area is 67.7 Å². The zero-order chi connectivity index (χ0) is 8.27. The van der Waals surface area contributed by atoms with Gasteiger partial charge in [-0.2, -0.15) is 0 Å². The molecule has 1 nitrogen and oxygen atoms in total. The number of hydrogen-bond donors (Lipinski definition) is 1.